The Morgan fingerprint density at radius 2 is 2.03 bits per heavy atom. The van der Waals surface area contributed by atoms with Crippen molar-refractivity contribution in [2.24, 2.45) is 0 Å². The topological polar surface area (TPSA) is 174 Å². The van der Waals surface area contributed by atoms with Crippen LogP contribution in [-0.4, -0.2) is 63.2 Å². The Bertz CT molecular complexity index is 1090. The van der Waals surface area contributed by atoms with Crippen molar-refractivity contribution in [3.63, 3.8) is 0 Å². The van der Waals surface area contributed by atoms with E-state index in [0.717, 1.165) is 0 Å². The summed E-state index contributed by atoms with van der Waals surface area (Å²) < 4.78 is 18.7. The lowest BCUT2D eigenvalue weighted by Crippen LogP contribution is -2.35. The molecule has 2 amide bonds. The number of hydrogen-bond donors (Lipinski definition) is 6. The number of aromatic amines is 1. The van der Waals surface area contributed by atoms with E-state index in [1.54, 1.807) is 19.9 Å². The number of aryl methyl sites for hydroxylation is 1. The third-order valence-electron chi connectivity index (χ3n) is 5.54. The number of aromatic nitrogens is 2. The van der Waals surface area contributed by atoms with Gasteiger partial charge < -0.3 is 35.7 Å². The van der Waals surface area contributed by atoms with Crippen molar-refractivity contribution in [1.82, 2.24) is 20.6 Å². The first kappa shape index (κ1) is 26.7. The van der Waals surface area contributed by atoms with Gasteiger partial charge in [0.15, 0.2) is 5.69 Å². The molecule has 34 heavy (non-hydrogen) atoms. The van der Waals surface area contributed by atoms with Gasteiger partial charge in [0.2, 0.25) is 5.75 Å². The first-order valence-corrected chi connectivity index (χ1v) is 10.5. The number of aliphatic hydroxyl groups is 1. The summed E-state index contributed by atoms with van der Waals surface area (Å²) in [6.07, 6.45) is -0.785. The average Bonchev–Trinajstić information content (AvgIpc) is 2.81. The fraction of sp³-hybridized carbons (Fsp3) is 0.455. The third-order valence-corrected chi connectivity index (χ3v) is 5.54. The molecule has 0 spiro atoms. The van der Waals surface area contributed by atoms with E-state index >= 15 is 0 Å². The molecule has 6 N–H and O–H groups in total. The Hall–Kier alpha value is -3.51. The van der Waals surface area contributed by atoms with Gasteiger partial charge >= 0.3 is 6.09 Å². The highest BCUT2D eigenvalue weighted by Crippen LogP contribution is 2.25. The Morgan fingerprint density at radius 1 is 1.32 bits per heavy atom. The van der Waals surface area contributed by atoms with E-state index in [0.29, 0.717) is 11.1 Å². The highest BCUT2D eigenvalue weighted by atomic mass is 19.1. The lowest BCUT2D eigenvalue weighted by atomic mass is 9.93. The second-order valence-corrected chi connectivity index (χ2v) is 8.15. The number of benzene rings is 1. The maximum Gasteiger partial charge on any atom is 0.404 e. The Balaban J connectivity index is 2.29. The summed E-state index contributed by atoms with van der Waals surface area (Å²) >= 11 is 0. The molecule has 186 valence electrons. The van der Waals surface area contributed by atoms with Crippen molar-refractivity contribution in [3.05, 3.63) is 57.0 Å². The zero-order chi connectivity index (χ0) is 25.5. The fourth-order valence-electron chi connectivity index (χ4n) is 3.19. The number of amides is 2. The normalized spacial score (nSPS) is 13.7. The number of carboxylic acid groups (broad SMARTS) is 1. The molecule has 2 aromatic rings. The molecule has 12 heteroatoms. The van der Waals surface area contributed by atoms with Crippen molar-refractivity contribution in [2.75, 3.05) is 20.3 Å². The average molecular weight is 480 g/mol. The van der Waals surface area contributed by atoms with Crippen LogP contribution in [0.15, 0.2) is 23.0 Å². The number of rotatable bonds is 11. The number of aliphatic hydroxyl groups excluding tert-OH is 1. The number of carbonyl (C=O) groups is 2. The summed E-state index contributed by atoms with van der Waals surface area (Å²) in [4.78, 5) is 42.5. The summed E-state index contributed by atoms with van der Waals surface area (Å²) in [6.45, 7) is 2.80. The van der Waals surface area contributed by atoms with E-state index in [-0.39, 0.29) is 44.2 Å². The quantitative estimate of drug-likeness (QED) is 0.280. The lowest BCUT2D eigenvalue weighted by Gasteiger charge is -2.27. The van der Waals surface area contributed by atoms with Crippen LogP contribution in [0, 0.1) is 12.7 Å². The van der Waals surface area contributed by atoms with E-state index in [1.165, 1.54) is 19.2 Å². The van der Waals surface area contributed by atoms with Crippen molar-refractivity contribution >= 4 is 12.0 Å². The summed E-state index contributed by atoms with van der Waals surface area (Å²) in [7, 11) is 1.42. The number of nitrogens with one attached hydrogen (secondary N) is 3. The van der Waals surface area contributed by atoms with E-state index in [4.69, 9.17) is 9.84 Å². The van der Waals surface area contributed by atoms with Gasteiger partial charge in [-0.3, -0.25) is 9.59 Å². The van der Waals surface area contributed by atoms with Gasteiger partial charge in [-0.05, 0) is 43.9 Å². The number of aromatic hydroxyl groups is 1. The Labute approximate surface area is 195 Å². The number of carbonyl (C=O) groups excluding carboxylic acids is 1. The van der Waals surface area contributed by atoms with Crippen LogP contribution in [0.2, 0.25) is 0 Å². The smallest absolute Gasteiger partial charge is 0.404 e. The SMILES string of the molecule is COC(C)(CO)CCC(CNC(=O)O)c1nc(C(=O)NCc2ccc(F)c(C)c2)c(O)c(=O)[nH]1. The van der Waals surface area contributed by atoms with Crippen molar-refractivity contribution in [3.8, 4) is 5.75 Å². The van der Waals surface area contributed by atoms with Crippen LogP contribution in [0.1, 0.15) is 53.1 Å². The largest absolute Gasteiger partial charge is 0.501 e. The van der Waals surface area contributed by atoms with E-state index < -0.39 is 40.5 Å². The van der Waals surface area contributed by atoms with E-state index in [1.807, 2.05) is 0 Å². The maximum atomic E-state index is 13.4. The van der Waals surface area contributed by atoms with Crippen molar-refractivity contribution in [2.45, 2.75) is 44.8 Å². The second-order valence-electron chi connectivity index (χ2n) is 8.15. The summed E-state index contributed by atoms with van der Waals surface area (Å²) in [5, 5.41) is 33.4. The number of methoxy groups -OCH3 is 1. The van der Waals surface area contributed by atoms with Crippen LogP contribution in [0.3, 0.4) is 0 Å². The summed E-state index contributed by atoms with van der Waals surface area (Å²) in [5.41, 5.74) is -1.42. The van der Waals surface area contributed by atoms with Crippen molar-refractivity contribution in [1.29, 1.82) is 0 Å². The number of hydrogen-bond acceptors (Lipinski definition) is 7. The van der Waals surface area contributed by atoms with Gasteiger partial charge in [-0.1, -0.05) is 12.1 Å². The molecule has 0 radical (unpaired) electrons. The van der Waals surface area contributed by atoms with E-state index in [9.17, 15) is 29.0 Å². The van der Waals surface area contributed by atoms with Crippen LogP contribution in [0.4, 0.5) is 9.18 Å². The van der Waals surface area contributed by atoms with Crippen molar-refractivity contribution < 1.29 is 34.0 Å². The van der Waals surface area contributed by atoms with Crippen LogP contribution in [0.25, 0.3) is 0 Å². The van der Waals surface area contributed by atoms with Crippen LogP contribution in [-0.2, 0) is 11.3 Å². The van der Waals surface area contributed by atoms with Crippen LogP contribution >= 0.6 is 0 Å². The molecular formula is C22H29FN4O7. The van der Waals surface area contributed by atoms with E-state index in [2.05, 4.69) is 20.6 Å². The van der Waals surface area contributed by atoms with Gasteiger partial charge in [0.25, 0.3) is 11.5 Å². The highest BCUT2D eigenvalue weighted by Gasteiger charge is 2.27. The third kappa shape index (κ3) is 6.99. The minimum absolute atomic E-state index is 0.00407. The number of H-pyrrole nitrogens is 1. The molecule has 0 saturated carbocycles. The minimum Gasteiger partial charge on any atom is -0.501 e. The molecule has 0 bridgehead atoms. The van der Waals surface area contributed by atoms with Gasteiger partial charge in [0.1, 0.15) is 11.6 Å². The standard InChI is InChI=1S/C22H29FN4O7/c1-12-8-13(4-5-15(12)23)9-24-19(30)16-17(29)20(31)27-18(26-16)14(10-25-21(32)33)6-7-22(2,11-28)34-3/h4-5,8,14,25,28-29H,6-7,9-11H2,1-3H3,(H,24,30)(H,32,33)(H,26,27,31). The molecule has 2 unspecified atom stereocenters. The zero-order valence-corrected chi connectivity index (χ0v) is 19.1. The summed E-state index contributed by atoms with van der Waals surface area (Å²) in [6, 6.07) is 4.30. The Morgan fingerprint density at radius 3 is 2.62 bits per heavy atom. The molecule has 1 aromatic heterocycles. The molecule has 11 nitrogen and oxygen atoms in total. The molecule has 0 aliphatic carbocycles. The number of ether oxygens (including phenoxy) is 1. The van der Waals surface area contributed by atoms with Gasteiger partial charge in [0.05, 0.1) is 12.2 Å². The van der Waals surface area contributed by atoms with Crippen LogP contribution in [0.5, 0.6) is 5.75 Å². The van der Waals surface area contributed by atoms with Crippen LogP contribution < -0.4 is 16.2 Å². The predicted molar refractivity (Wildman–Crippen MR) is 119 cm³/mol. The van der Waals surface area contributed by atoms with Gasteiger partial charge in [-0.25, -0.2) is 14.2 Å². The first-order valence-electron chi connectivity index (χ1n) is 10.5. The van der Waals surface area contributed by atoms with Gasteiger partial charge in [-0.2, -0.15) is 0 Å². The number of nitrogens with zero attached hydrogens (tertiary/aromatic N) is 1. The molecule has 0 fully saturated rings. The maximum absolute atomic E-state index is 13.4. The second kappa shape index (κ2) is 11.6. The molecule has 0 saturated heterocycles. The molecule has 1 heterocycles. The molecular weight excluding hydrogens is 451 g/mol. The Kier molecular flexibility index (Phi) is 9.10. The van der Waals surface area contributed by atoms with Gasteiger partial charge in [-0.15, -0.1) is 0 Å². The molecule has 2 rings (SSSR count). The molecule has 0 aliphatic rings. The first-order chi connectivity index (χ1) is 16.0. The zero-order valence-electron chi connectivity index (χ0n) is 19.1. The van der Waals surface area contributed by atoms with Gasteiger partial charge in [0, 0.05) is 26.1 Å². The molecule has 0 aliphatic heterocycles. The summed E-state index contributed by atoms with van der Waals surface area (Å²) in [5.74, 6) is -2.83. The molecule has 2 atom stereocenters. The molecule has 1 aromatic carbocycles. The lowest BCUT2D eigenvalue weighted by molar-refractivity contribution is -0.0455. The minimum atomic E-state index is -1.30. The highest BCUT2D eigenvalue weighted by molar-refractivity contribution is 5.94. The monoisotopic (exact) mass is 480 g/mol. The fourth-order valence-corrected chi connectivity index (χ4v) is 3.19. The number of halogens is 1. The predicted octanol–water partition coefficient (Wildman–Crippen LogP) is 1.38.